The van der Waals surface area contributed by atoms with Crippen molar-refractivity contribution < 1.29 is 13.7 Å². The molecule has 0 atom stereocenters. The molecule has 5 rings (SSSR count). The summed E-state index contributed by atoms with van der Waals surface area (Å²) in [6, 6.07) is 20.8. The predicted molar refractivity (Wildman–Crippen MR) is 130 cm³/mol. The first-order valence-electron chi connectivity index (χ1n) is 10.9. The number of nitrogens with zero attached hydrogens (tertiary/aromatic N) is 4. The number of hydrogen-bond acceptors (Lipinski definition) is 5. The van der Waals surface area contributed by atoms with Crippen molar-refractivity contribution in [3.63, 3.8) is 0 Å². The fourth-order valence-electron chi connectivity index (χ4n) is 3.53. The number of carbonyl (C=O) groups is 1. The van der Waals surface area contributed by atoms with Gasteiger partial charge in [0.1, 0.15) is 11.5 Å². The number of hydrogen-bond donors (Lipinski definition) is 2. The van der Waals surface area contributed by atoms with Crippen LogP contribution in [0.3, 0.4) is 0 Å². The van der Waals surface area contributed by atoms with Crippen molar-refractivity contribution >= 4 is 17.4 Å². The van der Waals surface area contributed by atoms with Crippen molar-refractivity contribution in [2.24, 2.45) is 0 Å². The normalized spacial score (nSPS) is 10.8. The molecule has 0 saturated carbocycles. The van der Waals surface area contributed by atoms with Gasteiger partial charge in [0.25, 0.3) is 5.89 Å². The molecule has 0 aliphatic carbocycles. The van der Waals surface area contributed by atoms with E-state index in [1.54, 1.807) is 24.7 Å². The van der Waals surface area contributed by atoms with Crippen molar-refractivity contribution in [1.29, 1.82) is 0 Å². The molecule has 9 heteroatoms. The highest BCUT2D eigenvalue weighted by molar-refractivity contribution is 6.00. The maximum atomic E-state index is 13.5. The Morgan fingerprint density at radius 2 is 1.86 bits per heavy atom. The molecule has 0 saturated heterocycles. The van der Waals surface area contributed by atoms with E-state index in [4.69, 9.17) is 4.52 Å². The van der Waals surface area contributed by atoms with Gasteiger partial charge in [0.2, 0.25) is 5.82 Å². The highest BCUT2D eigenvalue weighted by Gasteiger charge is 2.14. The SMILES string of the molecule is Cc1ccccc1NC(=O)Nc1ccc(Cn2cnc(-c3nc(-c4cccc(F)c4)no3)c2)cc1. The van der Waals surface area contributed by atoms with Gasteiger partial charge in [0, 0.05) is 29.7 Å². The number of halogens is 1. The van der Waals surface area contributed by atoms with Gasteiger partial charge >= 0.3 is 6.03 Å². The van der Waals surface area contributed by atoms with E-state index in [1.807, 2.05) is 60.0 Å². The summed E-state index contributed by atoms with van der Waals surface area (Å²) in [6.07, 6.45) is 3.47. The van der Waals surface area contributed by atoms with Crippen LogP contribution in [0.2, 0.25) is 0 Å². The fraction of sp³-hybridized carbons (Fsp3) is 0.0769. The van der Waals surface area contributed by atoms with E-state index in [2.05, 4.69) is 25.8 Å². The molecule has 0 fully saturated rings. The van der Waals surface area contributed by atoms with Gasteiger partial charge in [0.15, 0.2) is 0 Å². The maximum Gasteiger partial charge on any atom is 0.323 e. The largest absolute Gasteiger partial charge is 0.332 e. The first-order chi connectivity index (χ1) is 17.0. The van der Waals surface area contributed by atoms with Crippen LogP contribution < -0.4 is 10.6 Å². The highest BCUT2D eigenvalue weighted by atomic mass is 19.1. The van der Waals surface area contributed by atoms with Gasteiger partial charge in [-0.25, -0.2) is 14.2 Å². The second-order valence-corrected chi connectivity index (χ2v) is 7.96. The number of anilines is 2. The minimum absolute atomic E-state index is 0.252. The zero-order chi connectivity index (χ0) is 24.2. The molecule has 0 aliphatic rings. The second-order valence-electron chi connectivity index (χ2n) is 7.96. The smallest absolute Gasteiger partial charge is 0.323 e. The quantitative estimate of drug-likeness (QED) is 0.331. The Labute approximate surface area is 200 Å². The summed E-state index contributed by atoms with van der Waals surface area (Å²) in [6.45, 7) is 2.50. The van der Waals surface area contributed by atoms with Crippen LogP contribution in [-0.4, -0.2) is 25.7 Å². The number of rotatable bonds is 6. The van der Waals surface area contributed by atoms with Crippen molar-refractivity contribution in [3.05, 3.63) is 102 Å². The predicted octanol–water partition coefficient (Wildman–Crippen LogP) is 5.74. The Morgan fingerprint density at radius 1 is 1.03 bits per heavy atom. The van der Waals surface area contributed by atoms with Gasteiger partial charge in [0.05, 0.1) is 6.33 Å². The highest BCUT2D eigenvalue weighted by Crippen LogP contribution is 2.22. The van der Waals surface area contributed by atoms with Gasteiger partial charge in [-0.15, -0.1) is 0 Å². The van der Waals surface area contributed by atoms with Gasteiger partial charge in [-0.3, -0.25) is 0 Å². The summed E-state index contributed by atoms with van der Waals surface area (Å²) in [4.78, 5) is 20.9. The van der Waals surface area contributed by atoms with Crippen molar-refractivity contribution in [2.45, 2.75) is 13.5 Å². The van der Waals surface area contributed by atoms with Crippen LogP contribution in [0.4, 0.5) is 20.6 Å². The summed E-state index contributed by atoms with van der Waals surface area (Å²) in [5, 5.41) is 9.60. The van der Waals surface area contributed by atoms with Crippen LogP contribution in [-0.2, 0) is 6.54 Å². The lowest BCUT2D eigenvalue weighted by atomic mass is 10.2. The molecule has 0 aliphatic heterocycles. The zero-order valence-electron chi connectivity index (χ0n) is 18.8. The van der Waals surface area contributed by atoms with Gasteiger partial charge in [-0.05, 0) is 48.4 Å². The third kappa shape index (κ3) is 5.25. The third-order valence-corrected chi connectivity index (χ3v) is 5.33. The molecule has 0 spiro atoms. The van der Waals surface area contributed by atoms with E-state index in [9.17, 15) is 9.18 Å². The first kappa shape index (κ1) is 22.0. The lowest BCUT2D eigenvalue weighted by molar-refractivity contribution is 0.262. The summed E-state index contributed by atoms with van der Waals surface area (Å²) < 4.78 is 20.6. The molecule has 0 bridgehead atoms. The number of amides is 2. The number of aromatic nitrogens is 4. The molecule has 2 amide bonds. The van der Waals surface area contributed by atoms with Crippen LogP contribution in [0.1, 0.15) is 11.1 Å². The van der Waals surface area contributed by atoms with E-state index < -0.39 is 0 Å². The number of aryl methyl sites for hydroxylation is 1. The van der Waals surface area contributed by atoms with E-state index in [1.165, 1.54) is 12.1 Å². The van der Waals surface area contributed by atoms with Crippen LogP contribution in [0.5, 0.6) is 0 Å². The fourth-order valence-corrected chi connectivity index (χ4v) is 3.53. The van der Waals surface area contributed by atoms with E-state index in [-0.39, 0.29) is 17.7 Å². The van der Waals surface area contributed by atoms with Gasteiger partial charge < -0.3 is 19.7 Å². The number of nitrogens with one attached hydrogen (secondary N) is 2. The average Bonchev–Trinajstić information content (AvgIpc) is 3.52. The summed E-state index contributed by atoms with van der Waals surface area (Å²) in [7, 11) is 0. The topological polar surface area (TPSA) is 97.9 Å². The van der Waals surface area contributed by atoms with Crippen LogP contribution >= 0.6 is 0 Å². The first-order valence-corrected chi connectivity index (χ1v) is 10.9. The number of imidazole rings is 1. The number of benzene rings is 3. The Balaban J connectivity index is 1.21. The third-order valence-electron chi connectivity index (χ3n) is 5.33. The molecule has 0 unspecified atom stereocenters. The Kier molecular flexibility index (Phi) is 6.04. The molecule has 2 N–H and O–H groups in total. The second kappa shape index (κ2) is 9.60. The zero-order valence-corrected chi connectivity index (χ0v) is 18.8. The molecule has 2 aromatic heterocycles. The molecular formula is C26H21FN6O2. The van der Waals surface area contributed by atoms with Crippen molar-refractivity contribution in [1.82, 2.24) is 19.7 Å². The molecule has 35 heavy (non-hydrogen) atoms. The molecule has 0 radical (unpaired) electrons. The van der Waals surface area contributed by atoms with Crippen LogP contribution in [0, 0.1) is 12.7 Å². The van der Waals surface area contributed by atoms with E-state index in [0.29, 0.717) is 29.3 Å². The number of para-hydroxylation sites is 1. The van der Waals surface area contributed by atoms with Crippen molar-refractivity contribution in [2.75, 3.05) is 10.6 Å². The minimum atomic E-state index is -0.369. The molecule has 2 heterocycles. The molecule has 8 nitrogen and oxygen atoms in total. The van der Waals surface area contributed by atoms with Crippen molar-refractivity contribution in [3.8, 4) is 23.0 Å². The Morgan fingerprint density at radius 3 is 2.66 bits per heavy atom. The van der Waals surface area contributed by atoms with Crippen LogP contribution in [0.25, 0.3) is 23.0 Å². The molecule has 174 valence electrons. The lowest BCUT2D eigenvalue weighted by Crippen LogP contribution is -2.19. The summed E-state index contributed by atoms with van der Waals surface area (Å²) in [5.74, 6) is 0.178. The summed E-state index contributed by atoms with van der Waals surface area (Å²) in [5.41, 5.74) is 4.50. The average molecular weight is 468 g/mol. The van der Waals surface area contributed by atoms with Crippen LogP contribution in [0.15, 0.2) is 89.8 Å². The minimum Gasteiger partial charge on any atom is -0.332 e. The standard InChI is InChI=1S/C26H21FN6O2/c1-17-5-2-3-8-22(17)30-26(34)29-21-11-9-18(10-12-21)14-33-15-23(28-16-33)25-31-24(32-35-25)19-6-4-7-20(27)13-19/h2-13,15-16H,14H2,1H3,(H2,29,30,34). The molecular weight excluding hydrogens is 447 g/mol. The van der Waals surface area contributed by atoms with E-state index >= 15 is 0 Å². The monoisotopic (exact) mass is 468 g/mol. The molecule has 3 aromatic carbocycles. The Hall–Kier alpha value is -4.79. The number of carbonyl (C=O) groups excluding carboxylic acids is 1. The van der Waals surface area contributed by atoms with E-state index in [0.717, 1.165) is 16.8 Å². The van der Waals surface area contributed by atoms with Gasteiger partial charge in [-0.2, -0.15) is 4.98 Å². The summed E-state index contributed by atoms with van der Waals surface area (Å²) >= 11 is 0. The maximum absolute atomic E-state index is 13.5. The van der Waals surface area contributed by atoms with Gasteiger partial charge in [-0.1, -0.05) is 47.6 Å². The molecule has 5 aromatic rings. The lowest BCUT2D eigenvalue weighted by Gasteiger charge is -2.10. The Bertz CT molecular complexity index is 1480. The number of urea groups is 1.